The van der Waals surface area contributed by atoms with Crippen molar-refractivity contribution in [3.63, 3.8) is 0 Å². The Kier molecular flexibility index (Phi) is 6.89. The van der Waals surface area contributed by atoms with E-state index in [2.05, 4.69) is 15.2 Å². The molecule has 3 aromatic rings. The maximum absolute atomic E-state index is 12.7. The van der Waals surface area contributed by atoms with Gasteiger partial charge in [0.05, 0.1) is 35.5 Å². The predicted molar refractivity (Wildman–Crippen MR) is 115 cm³/mol. The molecule has 2 aromatic heterocycles. The van der Waals surface area contributed by atoms with Crippen molar-refractivity contribution < 1.29 is 32.2 Å². The van der Waals surface area contributed by atoms with E-state index in [0.29, 0.717) is 18.1 Å². The summed E-state index contributed by atoms with van der Waals surface area (Å²) in [6.45, 7) is 0.646. The Hall–Kier alpha value is -3.05. The summed E-state index contributed by atoms with van der Waals surface area (Å²) in [5.74, 6) is -0.563. The number of alkyl halides is 3. The Morgan fingerprint density at radius 1 is 1.27 bits per heavy atom. The summed E-state index contributed by atoms with van der Waals surface area (Å²) in [6.07, 6.45) is -2.35. The van der Waals surface area contributed by atoms with E-state index in [1.165, 1.54) is 29.5 Å². The number of methoxy groups -OCH3 is 1. The van der Waals surface area contributed by atoms with E-state index in [0.717, 1.165) is 35.9 Å². The van der Waals surface area contributed by atoms with Gasteiger partial charge in [-0.15, -0.1) is 24.5 Å². The molecule has 0 bridgehead atoms. The smallest absolute Gasteiger partial charge is 0.495 e. The Bertz CT molecular complexity index is 1110. The van der Waals surface area contributed by atoms with E-state index in [9.17, 15) is 18.0 Å². The van der Waals surface area contributed by atoms with Crippen LogP contribution in [0.1, 0.15) is 41.5 Å². The lowest BCUT2D eigenvalue weighted by atomic mass is 10.2. The average Bonchev–Trinajstić information content (AvgIpc) is 3.44. The van der Waals surface area contributed by atoms with Gasteiger partial charge in [0.1, 0.15) is 11.5 Å². The normalized spacial score (nSPS) is 16.4. The summed E-state index contributed by atoms with van der Waals surface area (Å²) < 4.78 is 55.1. The summed E-state index contributed by atoms with van der Waals surface area (Å²) in [7, 11) is 1.59. The molecule has 11 heteroatoms. The molecule has 1 aliphatic rings. The number of thiophene rings is 1. The number of amides is 1. The Morgan fingerprint density at radius 3 is 2.82 bits per heavy atom. The summed E-state index contributed by atoms with van der Waals surface area (Å²) in [5.41, 5.74) is 1.11. The molecule has 1 N–H and O–H groups in total. The molecule has 33 heavy (non-hydrogen) atoms. The van der Waals surface area contributed by atoms with Crippen LogP contribution in [0.25, 0.3) is 10.6 Å². The number of carbonyl (C=O) groups is 1. The number of hydrogen-bond donors (Lipinski definition) is 1. The SMILES string of the molecule is COc1ccsc1-c1cc(CNC(=O)c2ccccc2OC(F)(F)F)nn1C1CCCCO1. The van der Waals surface area contributed by atoms with Gasteiger partial charge in [-0.3, -0.25) is 4.79 Å². The predicted octanol–water partition coefficient (Wildman–Crippen LogP) is 5.15. The Balaban J connectivity index is 1.56. The first-order valence-corrected chi connectivity index (χ1v) is 11.2. The standard InChI is InChI=1S/C22H22F3N3O4S/c1-30-18-9-11-33-20(18)16-12-14(27-28(16)19-8-4-5-10-31-19)13-26-21(29)15-6-2-3-7-17(15)32-22(23,24)25/h2-3,6-7,9,11-12,19H,4-5,8,10,13H2,1H3,(H,26,29). The highest BCUT2D eigenvalue weighted by molar-refractivity contribution is 7.14. The highest BCUT2D eigenvalue weighted by Gasteiger charge is 2.33. The van der Waals surface area contributed by atoms with Crippen LogP contribution in [0.15, 0.2) is 41.8 Å². The van der Waals surface area contributed by atoms with Crippen molar-refractivity contribution in [3.05, 3.63) is 53.0 Å². The fourth-order valence-corrected chi connectivity index (χ4v) is 4.48. The van der Waals surface area contributed by atoms with Gasteiger partial charge < -0.3 is 19.5 Å². The highest BCUT2D eigenvalue weighted by Crippen LogP contribution is 2.38. The third kappa shape index (κ3) is 5.48. The minimum absolute atomic E-state index is 0.0135. The van der Waals surface area contributed by atoms with Crippen molar-refractivity contribution in [1.82, 2.24) is 15.1 Å². The van der Waals surface area contributed by atoms with E-state index in [1.54, 1.807) is 11.8 Å². The van der Waals surface area contributed by atoms with Crippen LogP contribution >= 0.6 is 11.3 Å². The minimum Gasteiger partial charge on any atom is -0.495 e. The molecule has 1 saturated heterocycles. The minimum atomic E-state index is -4.90. The van der Waals surface area contributed by atoms with Gasteiger partial charge in [-0.25, -0.2) is 4.68 Å². The molecule has 1 amide bonds. The lowest BCUT2D eigenvalue weighted by molar-refractivity contribution is -0.274. The van der Waals surface area contributed by atoms with E-state index in [4.69, 9.17) is 9.47 Å². The number of ether oxygens (including phenoxy) is 3. The Labute approximate surface area is 192 Å². The Morgan fingerprint density at radius 2 is 2.09 bits per heavy atom. The second-order valence-corrected chi connectivity index (χ2v) is 8.25. The zero-order chi connectivity index (χ0) is 23.4. The van der Waals surface area contributed by atoms with E-state index in [1.807, 2.05) is 17.5 Å². The molecule has 1 aromatic carbocycles. The molecule has 0 radical (unpaired) electrons. The van der Waals surface area contributed by atoms with Crippen LogP contribution < -0.4 is 14.8 Å². The lowest BCUT2D eigenvalue weighted by Gasteiger charge is -2.24. The highest BCUT2D eigenvalue weighted by atomic mass is 32.1. The topological polar surface area (TPSA) is 74.6 Å². The number of halogens is 3. The summed E-state index contributed by atoms with van der Waals surface area (Å²) >= 11 is 1.50. The monoisotopic (exact) mass is 481 g/mol. The fraction of sp³-hybridized carbons (Fsp3) is 0.364. The maximum atomic E-state index is 12.7. The lowest BCUT2D eigenvalue weighted by Crippen LogP contribution is -2.26. The molecule has 1 atom stereocenters. The molecular weight excluding hydrogens is 459 g/mol. The van der Waals surface area contributed by atoms with E-state index >= 15 is 0 Å². The number of benzene rings is 1. The molecule has 176 valence electrons. The van der Waals surface area contributed by atoms with Gasteiger partial charge >= 0.3 is 6.36 Å². The fourth-order valence-electron chi connectivity index (χ4n) is 3.62. The van der Waals surface area contributed by atoms with Gasteiger partial charge in [0.15, 0.2) is 6.23 Å². The molecular formula is C22H22F3N3O4S. The summed E-state index contributed by atoms with van der Waals surface area (Å²) in [4.78, 5) is 13.5. The molecule has 7 nitrogen and oxygen atoms in total. The van der Waals surface area contributed by atoms with Gasteiger partial charge in [-0.05, 0) is 48.9 Å². The van der Waals surface area contributed by atoms with E-state index < -0.39 is 18.0 Å². The second-order valence-electron chi connectivity index (χ2n) is 7.33. The number of para-hydroxylation sites is 1. The third-order valence-corrected chi connectivity index (χ3v) is 6.00. The van der Waals surface area contributed by atoms with Crippen molar-refractivity contribution in [1.29, 1.82) is 0 Å². The van der Waals surface area contributed by atoms with Gasteiger partial charge in [0.2, 0.25) is 0 Å². The molecule has 0 saturated carbocycles. The molecule has 0 aliphatic carbocycles. The van der Waals surface area contributed by atoms with Gasteiger partial charge in [-0.2, -0.15) is 5.10 Å². The summed E-state index contributed by atoms with van der Waals surface area (Å²) in [5, 5.41) is 9.17. The van der Waals surface area contributed by atoms with Gasteiger partial charge in [0, 0.05) is 6.61 Å². The first-order chi connectivity index (χ1) is 15.9. The largest absolute Gasteiger partial charge is 0.573 e. The zero-order valence-corrected chi connectivity index (χ0v) is 18.5. The molecule has 1 fully saturated rings. The summed E-state index contributed by atoms with van der Waals surface area (Å²) in [6, 6.07) is 8.88. The van der Waals surface area contributed by atoms with Crippen molar-refractivity contribution in [3.8, 4) is 22.1 Å². The van der Waals surface area contributed by atoms with Crippen LogP contribution in [0.3, 0.4) is 0 Å². The quantitative estimate of drug-likeness (QED) is 0.505. The van der Waals surface area contributed by atoms with Crippen molar-refractivity contribution in [2.75, 3.05) is 13.7 Å². The number of hydrogen-bond acceptors (Lipinski definition) is 6. The number of nitrogens with one attached hydrogen (secondary N) is 1. The molecule has 0 spiro atoms. The van der Waals surface area contributed by atoms with Crippen LogP contribution in [0.5, 0.6) is 11.5 Å². The molecule has 3 heterocycles. The molecule has 1 aliphatic heterocycles. The zero-order valence-electron chi connectivity index (χ0n) is 17.7. The number of aromatic nitrogens is 2. The van der Waals surface area contributed by atoms with Crippen LogP contribution in [0.4, 0.5) is 13.2 Å². The van der Waals surface area contributed by atoms with Gasteiger partial charge in [-0.1, -0.05) is 12.1 Å². The maximum Gasteiger partial charge on any atom is 0.573 e. The average molecular weight is 481 g/mol. The van der Waals surface area contributed by atoms with Crippen molar-refractivity contribution in [2.45, 2.75) is 38.4 Å². The van der Waals surface area contributed by atoms with Crippen LogP contribution in [0.2, 0.25) is 0 Å². The third-order valence-electron chi connectivity index (χ3n) is 5.08. The number of carbonyl (C=O) groups excluding carboxylic acids is 1. The molecule has 1 unspecified atom stereocenters. The van der Waals surface area contributed by atoms with Crippen molar-refractivity contribution in [2.24, 2.45) is 0 Å². The van der Waals surface area contributed by atoms with E-state index in [-0.39, 0.29) is 18.3 Å². The van der Waals surface area contributed by atoms with Crippen LogP contribution in [-0.4, -0.2) is 35.8 Å². The van der Waals surface area contributed by atoms with Crippen LogP contribution in [-0.2, 0) is 11.3 Å². The number of nitrogens with zero attached hydrogens (tertiary/aromatic N) is 2. The van der Waals surface area contributed by atoms with Gasteiger partial charge in [0.25, 0.3) is 5.91 Å². The van der Waals surface area contributed by atoms with Crippen LogP contribution in [0, 0.1) is 0 Å². The first-order valence-electron chi connectivity index (χ1n) is 10.3. The second kappa shape index (κ2) is 9.84. The first kappa shape index (κ1) is 23.1. The van der Waals surface area contributed by atoms with Crippen molar-refractivity contribution >= 4 is 17.2 Å². The number of rotatable bonds is 7. The molecule has 4 rings (SSSR count).